The van der Waals surface area contributed by atoms with Crippen LogP contribution in [0.3, 0.4) is 0 Å². The third-order valence-corrected chi connectivity index (χ3v) is 4.19. The number of aryl methyl sites for hydroxylation is 1. The Labute approximate surface area is 153 Å². The van der Waals surface area contributed by atoms with Crippen LogP contribution in [0.25, 0.3) is 10.9 Å². The summed E-state index contributed by atoms with van der Waals surface area (Å²) in [6.07, 6.45) is 1.62. The van der Waals surface area contributed by atoms with Crippen molar-refractivity contribution in [1.29, 1.82) is 0 Å². The maximum absolute atomic E-state index is 13.9. The minimum atomic E-state index is -0.954. The second-order valence-corrected chi connectivity index (χ2v) is 6.12. The lowest BCUT2D eigenvalue weighted by atomic mass is 10.2. The molecule has 0 bridgehead atoms. The van der Waals surface area contributed by atoms with Crippen molar-refractivity contribution in [3.05, 3.63) is 65.9 Å². The van der Waals surface area contributed by atoms with Gasteiger partial charge in [0.05, 0.1) is 0 Å². The highest BCUT2D eigenvalue weighted by Gasteiger charge is 2.17. The molecule has 2 aromatic heterocycles. The van der Waals surface area contributed by atoms with Crippen LogP contribution in [0.4, 0.5) is 32.1 Å². The van der Waals surface area contributed by atoms with E-state index >= 15 is 0 Å². The van der Waals surface area contributed by atoms with Crippen molar-refractivity contribution in [1.82, 2.24) is 20.2 Å². The molecule has 4 rings (SSSR count). The zero-order valence-corrected chi connectivity index (χ0v) is 14.7. The number of anilines is 4. The number of aromatic nitrogens is 4. The van der Waals surface area contributed by atoms with Crippen molar-refractivity contribution >= 4 is 34.2 Å². The van der Waals surface area contributed by atoms with Crippen molar-refractivity contribution in [2.75, 3.05) is 17.3 Å². The zero-order chi connectivity index (χ0) is 19.0. The molecule has 0 aliphatic carbocycles. The SMILES string of the molecule is Cc1cccc(Nc2nccc(N(C)c3n[nH]c4c(F)c(F)ccc34)n2)c1. The van der Waals surface area contributed by atoms with Gasteiger partial charge in [-0.1, -0.05) is 12.1 Å². The lowest BCUT2D eigenvalue weighted by Crippen LogP contribution is -2.13. The van der Waals surface area contributed by atoms with Gasteiger partial charge in [-0.25, -0.2) is 13.8 Å². The van der Waals surface area contributed by atoms with E-state index in [1.165, 1.54) is 6.07 Å². The Hall–Kier alpha value is -3.55. The Bertz CT molecular complexity index is 1120. The summed E-state index contributed by atoms with van der Waals surface area (Å²) >= 11 is 0. The van der Waals surface area contributed by atoms with Crippen LogP contribution in [0.2, 0.25) is 0 Å². The van der Waals surface area contributed by atoms with Crippen LogP contribution in [0.15, 0.2) is 48.7 Å². The fourth-order valence-electron chi connectivity index (χ4n) is 2.83. The topological polar surface area (TPSA) is 69.7 Å². The number of aromatic amines is 1. The van der Waals surface area contributed by atoms with Gasteiger partial charge < -0.3 is 10.2 Å². The Morgan fingerprint density at radius 1 is 1.11 bits per heavy atom. The van der Waals surface area contributed by atoms with Gasteiger partial charge in [0.15, 0.2) is 17.5 Å². The molecule has 2 aromatic carbocycles. The molecule has 6 nitrogen and oxygen atoms in total. The number of H-pyrrole nitrogens is 1. The molecule has 0 unspecified atom stereocenters. The number of nitrogens with one attached hydrogen (secondary N) is 2. The van der Waals surface area contributed by atoms with E-state index in [1.807, 2.05) is 31.2 Å². The van der Waals surface area contributed by atoms with Crippen LogP contribution < -0.4 is 10.2 Å². The molecule has 27 heavy (non-hydrogen) atoms. The van der Waals surface area contributed by atoms with E-state index in [-0.39, 0.29) is 5.52 Å². The number of benzene rings is 2. The number of hydrogen-bond acceptors (Lipinski definition) is 5. The molecule has 0 aliphatic heterocycles. The first-order valence-electron chi connectivity index (χ1n) is 8.25. The molecule has 0 aliphatic rings. The van der Waals surface area contributed by atoms with Gasteiger partial charge in [0, 0.05) is 24.3 Å². The summed E-state index contributed by atoms with van der Waals surface area (Å²) in [5.74, 6) is -0.472. The van der Waals surface area contributed by atoms with Crippen LogP contribution in [0, 0.1) is 18.6 Å². The van der Waals surface area contributed by atoms with E-state index in [0.29, 0.717) is 23.0 Å². The molecule has 0 atom stereocenters. The van der Waals surface area contributed by atoms with Crippen LogP contribution >= 0.6 is 0 Å². The molecule has 2 heterocycles. The average Bonchev–Trinajstić information content (AvgIpc) is 3.09. The van der Waals surface area contributed by atoms with Gasteiger partial charge in [0.1, 0.15) is 11.3 Å². The number of fused-ring (bicyclic) bond motifs is 1. The number of halogens is 2. The highest BCUT2D eigenvalue weighted by molar-refractivity contribution is 5.92. The summed E-state index contributed by atoms with van der Waals surface area (Å²) in [6, 6.07) is 12.1. The fraction of sp³-hybridized carbons (Fsp3) is 0.105. The molecule has 0 amide bonds. The van der Waals surface area contributed by atoms with Gasteiger partial charge in [0.2, 0.25) is 5.95 Å². The van der Waals surface area contributed by atoms with Gasteiger partial charge in [-0.05, 0) is 42.8 Å². The summed E-state index contributed by atoms with van der Waals surface area (Å²) in [5.41, 5.74) is 2.01. The Kier molecular flexibility index (Phi) is 4.15. The first-order chi connectivity index (χ1) is 13.0. The maximum Gasteiger partial charge on any atom is 0.229 e. The van der Waals surface area contributed by atoms with Gasteiger partial charge in [-0.2, -0.15) is 10.1 Å². The van der Waals surface area contributed by atoms with Crippen molar-refractivity contribution in [2.24, 2.45) is 0 Å². The van der Waals surface area contributed by atoms with E-state index in [2.05, 4.69) is 25.5 Å². The predicted octanol–water partition coefficient (Wildman–Crippen LogP) is 4.45. The summed E-state index contributed by atoms with van der Waals surface area (Å²) in [4.78, 5) is 10.4. The first kappa shape index (κ1) is 16.9. The molecular formula is C19H16F2N6. The van der Waals surface area contributed by atoms with E-state index in [0.717, 1.165) is 17.3 Å². The van der Waals surface area contributed by atoms with Crippen LogP contribution in [-0.2, 0) is 0 Å². The number of nitrogens with zero attached hydrogens (tertiary/aromatic N) is 4. The molecule has 2 N–H and O–H groups in total. The third kappa shape index (κ3) is 3.17. The monoisotopic (exact) mass is 366 g/mol. The Balaban J connectivity index is 1.67. The average molecular weight is 366 g/mol. The second kappa shape index (κ2) is 6.64. The number of rotatable bonds is 4. The minimum absolute atomic E-state index is 0.0176. The summed E-state index contributed by atoms with van der Waals surface area (Å²) in [6.45, 7) is 2.00. The fourth-order valence-corrected chi connectivity index (χ4v) is 2.83. The van der Waals surface area contributed by atoms with Crippen molar-refractivity contribution in [3.63, 3.8) is 0 Å². The normalized spacial score (nSPS) is 11.0. The highest BCUT2D eigenvalue weighted by Crippen LogP contribution is 2.30. The molecule has 0 fully saturated rings. The van der Waals surface area contributed by atoms with E-state index in [1.54, 1.807) is 24.2 Å². The second-order valence-electron chi connectivity index (χ2n) is 6.12. The van der Waals surface area contributed by atoms with Crippen LogP contribution in [0.1, 0.15) is 5.56 Å². The zero-order valence-electron chi connectivity index (χ0n) is 14.7. The lowest BCUT2D eigenvalue weighted by Gasteiger charge is -2.16. The van der Waals surface area contributed by atoms with Crippen LogP contribution in [0.5, 0.6) is 0 Å². The minimum Gasteiger partial charge on any atom is -0.324 e. The molecule has 136 valence electrons. The van der Waals surface area contributed by atoms with Crippen molar-refractivity contribution < 1.29 is 8.78 Å². The van der Waals surface area contributed by atoms with Gasteiger partial charge in [-0.3, -0.25) is 5.10 Å². The molecule has 4 aromatic rings. The quantitative estimate of drug-likeness (QED) is 0.558. The first-order valence-corrected chi connectivity index (χ1v) is 8.25. The van der Waals surface area contributed by atoms with Gasteiger partial charge >= 0.3 is 0 Å². The van der Waals surface area contributed by atoms with Gasteiger partial charge in [-0.15, -0.1) is 0 Å². The van der Waals surface area contributed by atoms with Crippen molar-refractivity contribution in [3.8, 4) is 0 Å². The largest absolute Gasteiger partial charge is 0.324 e. The van der Waals surface area contributed by atoms with E-state index < -0.39 is 11.6 Å². The molecule has 0 saturated heterocycles. The molecular weight excluding hydrogens is 350 g/mol. The third-order valence-electron chi connectivity index (χ3n) is 4.19. The highest BCUT2D eigenvalue weighted by atomic mass is 19.2. The molecule has 0 saturated carbocycles. The Morgan fingerprint density at radius 3 is 2.78 bits per heavy atom. The predicted molar refractivity (Wildman–Crippen MR) is 101 cm³/mol. The maximum atomic E-state index is 13.9. The molecule has 0 radical (unpaired) electrons. The van der Waals surface area contributed by atoms with Crippen LogP contribution in [-0.4, -0.2) is 27.2 Å². The molecule has 8 heteroatoms. The summed E-state index contributed by atoms with van der Waals surface area (Å²) in [5, 5.41) is 10.3. The lowest BCUT2D eigenvalue weighted by molar-refractivity contribution is 0.515. The van der Waals surface area contributed by atoms with Crippen molar-refractivity contribution in [2.45, 2.75) is 6.92 Å². The Morgan fingerprint density at radius 2 is 1.96 bits per heavy atom. The smallest absolute Gasteiger partial charge is 0.229 e. The van der Waals surface area contributed by atoms with E-state index in [4.69, 9.17) is 0 Å². The van der Waals surface area contributed by atoms with E-state index in [9.17, 15) is 8.78 Å². The number of hydrogen-bond donors (Lipinski definition) is 2. The van der Waals surface area contributed by atoms with Gasteiger partial charge in [0.25, 0.3) is 0 Å². The summed E-state index contributed by atoms with van der Waals surface area (Å²) in [7, 11) is 1.75. The molecule has 0 spiro atoms. The standard InChI is InChI=1S/C19H16F2N6/c1-11-4-3-5-12(10-11)23-19-22-9-8-15(24-19)27(2)18-13-6-7-14(20)16(21)17(13)25-26-18/h3-10H,1-2H3,(H,25,26)(H,22,23,24). The summed E-state index contributed by atoms with van der Waals surface area (Å²) < 4.78 is 27.3.